The fraction of sp³-hybridized carbons (Fsp3) is 0.304. The van der Waals surface area contributed by atoms with Crippen molar-refractivity contribution in [3.8, 4) is 0 Å². The molecule has 0 fully saturated rings. The number of amides is 1. The van der Waals surface area contributed by atoms with E-state index in [-0.39, 0.29) is 11.5 Å². The predicted octanol–water partition coefficient (Wildman–Crippen LogP) is 4.14. The molecule has 4 rings (SSSR count). The number of benzene rings is 2. The first kappa shape index (κ1) is 21.1. The van der Waals surface area contributed by atoms with Crippen LogP contribution >= 0.6 is 11.8 Å². The fourth-order valence-corrected chi connectivity index (χ4v) is 4.37. The molecule has 0 bridgehead atoms. The molecule has 8 heteroatoms. The molecule has 1 unspecified atom stereocenters. The van der Waals surface area contributed by atoms with Crippen LogP contribution in [0.3, 0.4) is 0 Å². The number of para-hydroxylation sites is 1. The molecule has 2 aromatic heterocycles. The van der Waals surface area contributed by atoms with Crippen LogP contribution in [0.15, 0.2) is 58.5 Å². The quantitative estimate of drug-likeness (QED) is 0.441. The van der Waals surface area contributed by atoms with Crippen molar-refractivity contribution in [3.63, 3.8) is 0 Å². The van der Waals surface area contributed by atoms with Crippen molar-refractivity contribution in [2.45, 2.75) is 50.6 Å². The molecule has 0 aliphatic rings. The molecule has 2 heterocycles. The van der Waals surface area contributed by atoms with Crippen molar-refractivity contribution in [3.05, 3.63) is 64.4 Å². The van der Waals surface area contributed by atoms with E-state index in [2.05, 4.69) is 22.4 Å². The lowest BCUT2D eigenvalue weighted by Gasteiger charge is -2.13. The third-order valence-electron chi connectivity index (χ3n) is 5.21. The number of nitrogens with zero attached hydrogens (tertiary/aromatic N) is 4. The molecule has 4 aromatic rings. The molecule has 31 heavy (non-hydrogen) atoms. The molecule has 1 N–H and O–H groups in total. The van der Waals surface area contributed by atoms with Crippen LogP contribution in [0.25, 0.3) is 16.7 Å². The Morgan fingerprint density at radius 2 is 1.84 bits per heavy atom. The van der Waals surface area contributed by atoms with Gasteiger partial charge >= 0.3 is 0 Å². The molecule has 1 atom stereocenters. The van der Waals surface area contributed by atoms with Gasteiger partial charge in [0, 0.05) is 12.2 Å². The van der Waals surface area contributed by atoms with Gasteiger partial charge in [-0.3, -0.25) is 18.6 Å². The second kappa shape index (κ2) is 8.93. The van der Waals surface area contributed by atoms with Crippen LogP contribution in [0, 0.1) is 0 Å². The van der Waals surface area contributed by atoms with Gasteiger partial charge in [0.25, 0.3) is 5.56 Å². The summed E-state index contributed by atoms with van der Waals surface area (Å²) < 4.78 is 3.52. The van der Waals surface area contributed by atoms with Crippen molar-refractivity contribution in [2.75, 3.05) is 5.32 Å². The highest BCUT2D eigenvalue weighted by Gasteiger charge is 2.21. The van der Waals surface area contributed by atoms with Crippen LogP contribution in [-0.2, 0) is 17.8 Å². The Bertz CT molecular complexity index is 1290. The number of carbonyl (C=O) groups excluding carboxylic acids is 1. The van der Waals surface area contributed by atoms with Crippen LogP contribution in [0.2, 0.25) is 0 Å². The van der Waals surface area contributed by atoms with Crippen molar-refractivity contribution in [2.24, 2.45) is 0 Å². The number of carbonyl (C=O) groups is 1. The molecule has 0 radical (unpaired) electrons. The first-order chi connectivity index (χ1) is 15.0. The van der Waals surface area contributed by atoms with Crippen LogP contribution < -0.4 is 10.9 Å². The van der Waals surface area contributed by atoms with Gasteiger partial charge in [-0.15, -0.1) is 10.2 Å². The van der Waals surface area contributed by atoms with E-state index in [1.54, 1.807) is 4.57 Å². The van der Waals surface area contributed by atoms with E-state index in [1.165, 1.54) is 17.3 Å². The van der Waals surface area contributed by atoms with Gasteiger partial charge in [-0.2, -0.15) is 0 Å². The maximum absolute atomic E-state index is 12.9. The van der Waals surface area contributed by atoms with E-state index in [1.807, 2.05) is 66.8 Å². The molecule has 160 valence electrons. The standard InChI is InChI=1S/C23H25N5O2S/c1-4-14-27-21(30)18-8-6-7-9-19(18)28-22(27)25-26-23(28)31-15(3)20(29)24-17-12-10-16(5-2)11-13-17/h6-13,15H,4-5,14H2,1-3H3,(H,24,29). The Morgan fingerprint density at radius 3 is 2.55 bits per heavy atom. The van der Waals surface area contributed by atoms with E-state index < -0.39 is 5.25 Å². The van der Waals surface area contributed by atoms with Crippen LogP contribution in [0.5, 0.6) is 0 Å². The topological polar surface area (TPSA) is 81.3 Å². The number of aromatic nitrogens is 4. The van der Waals surface area contributed by atoms with Gasteiger partial charge in [0.05, 0.1) is 16.2 Å². The minimum absolute atomic E-state index is 0.0739. The number of thioether (sulfide) groups is 1. The van der Waals surface area contributed by atoms with E-state index in [4.69, 9.17) is 0 Å². The summed E-state index contributed by atoms with van der Waals surface area (Å²) in [6.07, 6.45) is 1.76. The van der Waals surface area contributed by atoms with Crippen molar-refractivity contribution >= 4 is 40.0 Å². The summed E-state index contributed by atoms with van der Waals surface area (Å²) in [6.45, 7) is 6.51. The summed E-state index contributed by atoms with van der Waals surface area (Å²) >= 11 is 1.32. The van der Waals surface area contributed by atoms with Gasteiger partial charge in [-0.25, -0.2) is 0 Å². The number of rotatable bonds is 7. The Hall–Kier alpha value is -3.13. The Morgan fingerprint density at radius 1 is 1.10 bits per heavy atom. The lowest BCUT2D eigenvalue weighted by atomic mass is 10.1. The van der Waals surface area contributed by atoms with Crippen molar-refractivity contribution in [1.82, 2.24) is 19.2 Å². The monoisotopic (exact) mass is 435 g/mol. The maximum atomic E-state index is 12.9. The Labute approximate surface area is 184 Å². The molecule has 1 amide bonds. The number of hydrogen-bond donors (Lipinski definition) is 1. The average Bonchev–Trinajstić information content (AvgIpc) is 3.20. The molecule has 0 saturated heterocycles. The van der Waals surface area contributed by atoms with E-state index in [9.17, 15) is 9.59 Å². The second-order valence-electron chi connectivity index (χ2n) is 7.39. The van der Waals surface area contributed by atoms with Crippen molar-refractivity contribution < 1.29 is 4.79 Å². The summed E-state index contributed by atoms with van der Waals surface area (Å²) in [5.74, 6) is 0.382. The van der Waals surface area contributed by atoms with E-state index >= 15 is 0 Å². The number of fused-ring (bicyclic) bond motifs is 3. The molecule has 0 aliphatic carbocycles. The molecule has 2 aromatic carbocycles. The maximum Gasteiger partial charge on any atom is 0.262 e. The highest BCUT2D eigenvalue weighted by atomic mass is 32.2. The van der Waals surface area contributed by atoms with Crippen LogP contribution in [0.1, 0.15) is 32.8 Å². The van der Waals surface area contributed by atoms with Gasteiger partial charge in [-0.1, -0.05) is 49.9 Å². The smallest absolute Gasteiger partial charge is 0.262 e. The first-order valence-electron chi connectivity index (χ1n) is 10.5. The van der Waals surface area contributed by atoms with E-state index in [0.29, 0.717) is 22.9 Å². The summed E-state index contributed by atoms with van der Waals surface area (Å²) in [6, 6.07) is 15.3. The Balaban J connectivity index is 1.66. The summed E-state index contributed by atoms with van der Waals surface area (Å²) in [7, 11) is 0. The van der Waals surface area contributed by atoms with Crippen molar-refractivity contribution in [1.29, 1.82) is 0 Å². The Kier molecular flexibility index (Phi) is 6.08. The first-order valence-corrected chi connectivity index (χ1v) is 11.3. The number of hydrogen-bond acceptors (Lipinski definition) is 5. The lowest BCUT2D eigenvalue weighted by Crippen LogP contribution is -2.24. The molecular weight excluding hydrogens is 410 g/mol. The second-order valence-corrected chi connectivity index (χ2v) is 8.70. The van der Waals surface area contributed by atoms with Gasteiger partial charge in [0.15, 0.2) is 5.16 Å². The average molecular weight is 436 g/mol. The highest BCUT2D eigenvalue weighted by molar-refractivity contribution is 8.00. The number of anilines is 1. The van der Waals surface area contributed by atoms with Gasteiger partial charge in [0.1, 0.15) is 0 Å². The molecular formula is C23H25N5O2S. The largest absolute Gasteiger partial charge is 0.325 e. The number of aryl methyl sites for hydroxylation is 2. The zero-order valence-corrected chi connectivity index (χ0v) is 18.6. The number of nitrogens with one attached hydrogen (secondary N) is 1. The molecule has 0 spiro atoms. The minimum Gasteiger partial charge on any atom is -0.325 e. The molecule has 0 saturated carbocycles. The normalized spacial score (nSPS) is 12.4. The highest BCUT2D eigenvalue weighted by Crippen LogP contribution is 2.26. The molecule has 0 aliphatic heterocycles. The summed E-state index contributed by atoms with van der Waals surface area (Å²) in [5.41, 5.74) is 2.66. The zero-order valence-electron chi connectivity index (χ0n) is 17.8. The lowest BCUT2D eigenvalue weighted by molar-refractivity contribution is -0.115. The predicted molar refractivity (Wildman–Crippen MR) is 125 cm³/mol. The minimum atomic E-state index is -0.399. The van der Waals surface area contributed by atoms with Gasteiger partial charge < -0.3 is 5.32 Å². The summed E-state index contributed by atoms with van der Waals surface area (Å²) in [4.78, 5) is 25.7. The van der Waals surface area contributed by atoms with Gasteiger partial charge in [-0.05, 0) is 49.6 Å². The molecule has 7 nitrogen and oxygen atoms in total. The van der Waals surface area contributed by atoms with E-state index in [0.717, 1.165) is 24.0 Å². The SMILES string of the molecule is CCCn1c(=O)c2ccccc2n2c(SC(C)C(=O)Nc3ccc(CC)cc3)nnc12. The van der Waals surface area contributed by atoms with Crippen LogP contribution in [-0.4, -0.2) is 30.3 Å². The third kappa shape index (κ3) is 4.07. The van der Waals surface area contributed by atoms with Gasteiger partial charge in [0.2, 0.25) is 11.7 Å². The summed E-state index contributed by atoms with van der Waals surface area (Å²) in [5, 5.41) is 12.4. The van der Waals surface area contributed by atoms with Crippen LogP contribution in [0.4, 0.5) is 5.69 Å². The zero-order chi connectivity index (χ0) is 22.0. The fourth-order valence-electron chi connectivity index (χ4n) is 3.51. The third-order valence-corrected chi connectivity index (χ3v) is 6.25.